The third-order valence-corrected chi connectivity index (χ3v) is 2.33. The van der Waals surface area contributed by atoms with Crippen LogP contribution in [0.25, 0.3) is 0 Å². The van der Waals surface area contributed by atoms with Gasteiger partial charge >= 0.3 is 0 Å². The number of para-hydroxylation sites is 1. The second-order valence-electron chi connectivity index (χ2n) is 3.43. The zero-order chi connectivity index (χ0) is 10.5. The Hall–Kier alpha value is -1.61. The summed E-state index contributed by atoms with van der Waals surface area (Å²) in [5, 5.41) is 7.02. The molecule has 0 atom stereocenters. The molecule has 0 saturated heterocycles. The fraction of sp³-hybridized carbons (Fsp3) is 0.250. The van der Waals surface area contributed by atoms with Crippen LogP contribution in [0.5, 0.6) is 0 Å². The maximum Gasteiger partial charge on any atom is 0.251 e. The van der Waals surface area contributed by atoms with E-state index in [9.17, 15) is 4.79 Å². The van der Waals surface area contributed by atoms with Crippen molar-refractivity contribution in [2.75, 3.05) is 18.4 Å². The van der Waals surface area contributed by atoms with E-state index in [4.69, 9.17) is 0 Å². The maximum atomic E-state index is 11.7. The third kappa shape index (κ3) is 2.67. The summed E-state index contributed by atoms with van der Waals surface area (Å²) in [5.74, 6) is -0.00361. The van der Waals surface area contributed by atoms with Gasteiger partial charge in [0.1, 0.15) is 0 Å². The number of amides is 1. The average Bonchev–Trinajstić information content (AvgIpc) is 2.31. The number of carbonyl (C=O) groups is 1. The molecule has 0 aromatic heterocycles. The summed E-state index contributed by atoms with van der Waals surface area (Å²) in [6.07, 6.45) is 2.64. The first-order chi connectivity index (χ1) is 7.36. The van der Waals surface area contributed by atoms with E-state index < -0.39 is 0 Å². The van der Waals surface area contributed by atoms with Crippen molar-refractivity contribution >= 4 is 11.6 Å². The molecule has 1 aliphatic heterocycles. The molecule has 15 heavy (non-hydrogen) atoms. The van der Waals surface area contributed by atoms with Crippen LogP contribution in [0, 0.1) is 0 Å². The van der Waals surface area contributed by atoms with Gasteiger partial charge in [0.25, 0.3) is 5.91 Å². The Kier molecular flexibility index (Phi) is 3.15. The van der Waals surface area contributed by atoms with E-state index in [-0.39, 0.29) is 5.91 Å². The Balaban J connectivity index is 2.00. The molecule has 0 fully saturated rings. The molecule has 0 aliphatic carbocycles. The summed E-state index contributed by atoms with van der Waals surface area (Å²) in [7, 11) is 0. The molecule has 1 N–H and O–H groups in total. The molecule has 1 amide bonds. The van der Waals surface area contributed by atoms with E-state index >= 15 is 0 Å². The molecule has 1 heterocycles. The second-order valence-corrected chi connectivity index (χ2v) is 3.43. The highest BCUT2D eigenvalue weighted by Gasteiger charge is 2.11. The SMILES string of the molecule is O=C(Nc1ccccc1)C1=CC[N]CC1. The second kappa shape index (κ2) is 4.75. The first-order valence-electron chi connectivity index (χ1n) is 5.05. The summed E-state index contributed by atoms with van der Waals surface area (Å²) in [4.78, 5) is 11.7. The Bertz CT molecular complexity index is 370. The summed E-state index contributed by atoms with van der Waals surface area (Å²) < 4.78 is 0. The van der Waals surface area contributed by atoms with Gasteiger partial charge in [0.05, 0.1) is 0 Å². The van der Waals surface area contributed by atoms with Crippen LogP contribution in [-0.4, -0.2) is 19.0 Å². The number of hydrogen-bond acceptors (Lipinski definition) is 1. The van der Waals surface area contributed by atoms with Gasteiger partial charge in [0, 0.05) is 24.4 Å². The van der Waals surface area contributed by atoms with Gasteiger partial charge in [0.15, 0.2) is 0 Å². The van der Waals surface area contributed by atoms with Crippen molar-refractivity contribution in [3.05, 3.63) is 42.0 Å². The van der Waals surface area contributed by atoms with Gasteiger partial charge < -0.3 is 5.32 Å². The predicted octanol–water partition coefficient (Wildman–Crippen LogP) is 1.56. The highest BCUT2D eigenvalue weighted by molar-refractivity contribution is 6.03. The molecular formula is C12H13N2O. The van der Waals surface area contributed by atoms with Crippen LogP contribution in [0.1, 0.15) is 6.42 Å². The lowest BCUT2D eigenvalue weighted by Crippen LogP contribution is -2.22. The lowest BCUT2D eigenvalue weighted by Gasteiger charge is -2.12. The maximum absolute atomic E-state index is 11.7. The summed E-state index contributed by atoms with van der Waals surface area (Å²) in [6, 6.07) is 9.49. The van der Waals surface area contributed by atoms with Crippen LogP contribution in [0.15, 0.2) is 42.0 Å². The van der Waals surface area contributed by atoms with Crippen molar-refractivity contribution in [1.82, 2.24) is 5.32 Å². The zero-order valence-electron chi connectivity index (χ0n) is 8.44. The highest BCUT2D eigenvalue weighted by Crippen LogP contribution is 2.10. The van der Waals surface area contributed by atoms with Gasteiger partial charge in [-0.2, -0.15) is 0 Å². The van der Waals surface area contributed by atoms with Gasteiger partial charge in [-0.05, 0) is 18.6 Å². The number of rotatable bonds is 2. The monoisotopic (exact) mass is 201 g/mol. The molecule has 3 nitrogen and oxygen atoms in total. The number of carbonyl (C=O) groups excluding carboxylic acids is 1. The van der Waals surface area contributed by atoms with Crippen LogP contribution in [0.3, 0.4) is 0 Å². The largest absolute Gasteiger partial charge is 0.322 e. The Morgan fingerprint density at radius 2 is 2.07 bits per heavy atom. The molecule has 0 saturated carbocycles. The minimum atomic E-state index is -0.00361. The van der Waals surface area contributed by atoms with Gasteiger partial charge in [-0.1, -0.05) is 24.3 Å². The molecule has 1 radical (unpaired) electrons. The Morgan fingerprint density at radius 1 is 1.27 bits per heavy atom. The minimum absolute atomic E-state index is 0.00361. The van der Waals surface area contributed by atoms with Crippen molar-refractivity contribution in [3.8, 4) is 0 Å². The van der Waals surface area contributed by atoms with E-state index in [2.05, 4.69) is 10.6 Å². The molecule has 77 valence electrons. The number of anilines is 1. The molecule has 2 rings (SSSR count). The van der Waals surface area contributed by atoms with E-state index in [1.165, 1.54) is 0 Å². The van der Waals surface area contributed by atoms with E-state index in [0.29, 0.717) is 6.54 Å². The lowest BCUT2D eigenvalue weighted by atomic mass is 10.1. The van der Waals surface area contributed by atoms with E-state index in [1.54, 1.807) is 0 Å². The predicted molar refractivity (Wildman–Crippen MR) is 59.6 cm³/mol. The molecular weight excluding hydrogens is 188 g/mol. The van der Waals surface area contributed by atoms with Crippen LogP contribution in [-0.2, 0) is 4.79 Å². The quantitative estimate of drug-likeness (QED) is 0.775. The molecule has 0 bridgehead atoms. The number of hydrogen-bond donors (Lipinski definition) is 1. The molecule has 0 spiro atoms. The molecule has 0 unspecified atom stereocenters. The summed E-state index contributed by atoms with van der Waals surface area (Å²) in [5.41, 5.74) is 1.68. The van der Waals surface area contributed by atoms with Gasteiger partial charge in [0.2, 0.25) is 0 Å². The number of nitrogens with one attached hydrogen (secondary N) is 1. The Labute approximate surface area is 89.2 Å². The molecule has 1 aliphatic rings. The van der Waals surface area contributed by atoms with E-state index in [0.717, 1.165) is 24.2 Å². The number of nitrogens with zero attached hydrogens (tertiary/aromatic N) is 1. The van der Waals surface area contributed by atoms with E-state index in [1.807, 2.05) is 36.4 Å². The first kappa shape index (κ1) is 9.93. The van der Waals surface area contributed by atoms with Crippen LogP contribution in [0.4, 0.5) is 5.69 Å². The standard InChI is InChI=1S/C12H13N2O/c15-12(10-6-8-13-9-7-10)14-11-4-2-1-3-5-11/h1-6H,7-9H2,(H,14,15). The smallest absolute Gasteiger partial charge is 0.251 e. The lowest BCUT2D eigenvalue weighted by molar-refractivity contribution is -0.113. The normalized spacial score (nSPS) is 15.6. The Morgan fingerprint density at radius 3 is 2.73 bits per heavy atom. The van der Waals surface area contributed by atoms with Crippen molar-refractivity contribution in [1.29, 1.82) is 0 Å². The zero-order valence-corrected chi connectivity index (χ0v) is 8.44. The third-order valence-electron chi connectivity index (χ3n) is 2.33. The fourth-order valence-electron chi connectivity index (χ4n) is 1.51. The van der Waals surface area contributed by atoms with Crippen molar-refractivity contribution in [2.24, 2.45) is 0 Å². The topological polar surface area (TPSA) is 43.2 Å². The van der Waals surface area contributed by atoms with Crippen molar-refractivity contribution in [2.45, 2.75) is 6.42 Å². The van der Waals surface area contributed by atoms with Crippen LogP contribution in [0.2, 0.25) is 0 Å². The van der Waals surface area contributed by atoms with Crippen LogP contribution >= 0.6 is 0 Å². The average molecular weight is 201 g/mol. The number of benzene rings is 1. The van der Waals surface area contributed by atoms with Crippen molar-refractivity contribution in [3.63, 3.8) is 0 Å². The summed E-state index contributed by atoms with van der Waals surface area (Å²) >= 11 is 0. The van der Waals surface area contributed by atoms with Crippen LogP contribution < -0.4 is 10.6 Å². The van der Waals surface area contributed by atoms with Gasteiger partial charge in [-0.3, -0.25) is 4.79 Å². The molecule has 1 aromatic carbocycles. The fourth-order valence-corrected chi connectivity index (χ4v) is 1.51. The summed E-state index contributed by atoms with van der Waals surface area (Å²) in [6.45, 7) is 1.42. The highest BCUT2D eigenvalue weighted by atomic mass is 16.1. The molecule has 3 heteroatoms. The minimum Gasteiger partial charge on any atom is -0.322 e. The van der Waals surface area contributed by atoms with Gasteiger partial charge in [-0.25, -0.2) is 5.32 Å². The first-order valence-corrected chi connectivity index (χ1v) is 5.05. The van der Waals surface area contributed by atoms with Crippen molar-refractivity contribution < 1.29 is 4.79 Å². The van der Waals surface area contributed by atoms with Gasteiger partial charge in [-0.15, -0.1) is 0 Å². The molecule has 1 aromatic rings.